The quantitative estimate of drug-likeness (QED) is 0.169. The molecule has 238 valence electrons. The molecule has 0 saturated carbocycles. The second-order valence-corrected chi connectivity index (χ2v) is 13.4. The molecule has 2 aliphatic rings. The van der Waals surface area contributed by atoms with Gasteiger partial charge in [-0.25, -0.2) is 9.97 Å². The van der Waals surface area contributed by atoms with Crippen LogP contribution in [0.5, 0.6) is 0 Å². The van der Waals surface area contributed by atoms with Gasteiger partial charge >= 0.3 is 0 Å². The van der Waals surface area contributed by atoms with Gasteiger partial charge < -0.3 is 0 Å². The number of aromatic nitrogens is 2. The number of nitrogens with zero attached hydrogens (tertiary/aromatic N) is 2. The molecule has 0 N–H and O–H groups in total. The van der Waals surface area contributed by atoms with Crippen LogP contribution in [0.2, 0.25) is 0 Å². The van der Waals surface area contributed by atoms with E-state index in [1.54, 1.807) is 0 Å². The molecule has 2 aromatic heterocycles. The smallest absolute Gasteiger partial charge is 0.0975 e. The third kappa shape index (κ3) is 4.95. The van der Waals surface area contributed by atoms with Crippen LogP contribution in [0, 0.1) is 0 Å². The van der Waals surface area contributed by atoms with Crippen molar-refractivity contribution in [2.75, 3.05) is 0 Å². The van der Waals surface area contributed by atoms with Gasteiger partial charge in [0, 0.05) is 10.8 Å². The minimum absolute atomic E-state index is 0.419. The predicted octanol–water partition coefficient (Wildman–Crippen LogP) is 11.7. The van der Waals surface area contributed by atoms with Crippen molar-refractivity contribution in [2.45, 2.75) is 23.7 Å². The predicted molar refractivity (Wildman–Crippen MR) is 208 cm³/mol. The molecular formula is C48H36N2. The Labute approximate surface area is 293 Å². The van der Waals surface area contributed by atoms with Crippen LogP contribution in [0.25, 0.3) is 44.1 Å². The second-order valence-electron chi connectivity index (χ2n) is 13.4. The van der Waals surface area contributed by atoms with Crippen molar-refractivity contribution in [3.05, 3.63) is 217 Å². The van der Waals surface area contributed by atoms with Gasteiger partial charge in [0.05, 0.1) is 33.3 Å². The molecule has 5 aromatic carbocycles. The summed E-state index contributed by atoms with van der Waals surface area (Å²) in [6, 6.07) is 52.3. The lowest BCUT2D eigenvalue weighted by Gasteiger charge is -2.33. The van der Waals surface area contributed by atoms with Crippen LogP contribution in [0.15, 0.2) is 194 Å². The minimum Gasteiger partial charge on any atom is -0.249 e. The lowest BCUT2D eigenvalue weighted by molar-refractivity contribution is 0.626. The Hall–Kier alpha value is -6.12. The minimum atomic E-state index is -0.419. The number of benzene rings is 5. The number of rotatable bonds is 6. The van der Waals surface area contributed by atoms with Gasteiger partial charge in [-0.2, -0.15) is 0 Å². The first kappa shape index (κ1) is 30.0. The van der Waals surface area contributed by atoms with Crippen LogP contribution in [0.4, 0.5) is 0 Å². The van der Waals surface area contributed by atoms with Crippen LogP contribution >= 0.6 is 0 Å². The van der Waals surface area contributed by atoms with Crippen LogP contribution < -0.4 is 0 Å². The standard InChI is InChI=1S/C48H36N2/c1-7-19-35(20-8-1)41-33-43(47(29-15-5-16-30-47)37-23-11-3-12-24-37)49-45-39(41)27-28-40-42(36-21-9-2-10-22-36)34-44(50-46(40)45)48(31-17-6-18-32-48)38-25-13-4-14-26-38/h1-29,31,33-34H,30,32H2. The van der Waals surface area contributed by atoms with Crippen LogP contribution in [0.1, 0.15) is 35.4 Å². The summed E-state index contributed by atoms with van der Waals surface area (Å²) < 4.78 is 0. The van der Waals surface area contributed by atoms with Gasteiger partial charge in [0.25, 0.3) is 0 Å². The van der Waals surface area contributed by atoms with Crippen molar-refractivity contribution < 1.29 is 0 Å². The maximum Gasteiger partial charge on any atom is 0.0975 e. The Bertz CT molecular complexity index is 2280. The average Bonchev–Trinajstić information content (AvgIpc) is 3.21. The molecule has 50 heavy (non-hydrogen) atoms. The first-order valence-corrected chi connectivity index (χ1v) is 17.5. The maximum atomic E-state index is 5.70. The number of hydrogen-bond acceptors (Lipinski definition) is 2. The summed E-state index contributed by atoms with van der Waals surface area (Å²) in [6.45, 7) is 0. The summed E-state index contributed by atoms with van der Waals surface area (Å²) in [6.07, 6.45) is 19.5. The van der Waals surface area contributed by atoms with E-state index in [0.29, 0.717) is 0 Å². The number of hydrogen-bond donors (Lipinski definition) is 0. The first-order chi connectivity index (χ1) is 24.8. The Morgan fingerprint density at radius 1 is 0.400 bits per heavy atom. The summed E-state index contributed by atoms with van der Waals surface area (Å²) in [4.78, 5) is 11.4. The number of fused-ring (bicyclic) bond motifs is 3. The van der Waals surface area contributed by atoms with E-state index in [-0.39, 0.29) is 0 Å². The summed E-state index contributed by atoms with van der Waals surface area (Å²) in [7, 11) is 0. The van der Waals surface area contributed by atoms with Crippen molar-refractivity contribution in [2.24, 2.45) is 0 Å². The normalized spacial score (nSPS) is 19.7. The number of allylic oxidation sites excluding steroid dienone is 8. The highest BCUT2D eigenvalue weighted by molar-refractivity contribution is 6.12. The highest BCUT2D eigenvalue weighted by atomic mass is 14.8. The van der Waals surface area contributed by atoms with E-state index >= 15 is 0 Å². The van der Waals surface area contributed by atoms with Gasteiger partial charge in [-0.15, -0.1) is 0 Å². The van der Waals surface area contributed by atoms with Crippen molar-refractivity contribution in [3.8, 4) is 22.3 Å². The SMILES string of the molecule is C1=CCC(c2ccccc2)(c2cc(-c3ccccc3)c3ccc4c(-c5ccccc5)cc(C5(c6ccccc6)C=CC=CC5)nc4c3n2)C=C1. The van der Waals surface area contributed by atoms with Crippen molar-refractivity contribution in [3.63, 3.8) is 0 Å². The molecule has 0 fully saturated rings. The van der Waals surface area contributed by atoms with Crippen molar-refractivity contribution in [1.29, 1.82) is 0 Å². The zero-order valence-electron chi connectivity index (χ0n) is 27.8. The largest absolute Gasteiger partial charge is 0.249 e. The van der Waals surface area contributed by atoms with Gasteiger partial charge in [-0.3, -0.25) is 0 Å². The summed E-state index contributed by atoms with van der Waals surface area (Å²) in [5.41, 5.74) is 10.2. The third-order valence-corrected chi connectivity index (χ3v) is 10.6. The molecule has 2 unspecified atom stereocenters. The van der Waals surface area contributed by atoms with Gasteiger partial charge in [0.15, 0.2) is 0 Å². The molecule has 0 bridgehead atoms. The third-order valence-electron chi connectivity index (χ3n) is 10.6. The van der Waals surface area contributed by atoms with Gasteiger partial charge in [-0.1, -0.05) is 182 Å². The van der Waals surface area contributed by atoms with E-state index in [1.165, 1.54) is 22.3 Å². The van der Waals surface area contributed by atoms with Crippen molar-refractivity contribution in [1.82, 2.24) is 9.97 Å². The summed E-state index contributed by atoms with van der Waals surface area (Å²) >= 11 is 0. The van der Waals surface area contributed by atoms with Crippen LogP contribution in [-0.2, 0) is 10.8 Å². The fraction of sp³-hybridized carbons (Fsp3) is 0.0833. The monoisotopic (exact) mass is 640 g/mol. The zero-order valence-corrected chi connectivity index (χ0v) is 27.8. The second kappa shape index (κ2) is 12.4. The summed E-state index contributed by atoms with van der Waals surface area (Å²) in [5, 5.41) is 2.20. The fourth-order valence-electron chi connectivity index (χ4n) is 7.96. The topological polar surface area (TPSA) is 25.8 Å². The highest BCUT2D eigenvalue weighted by Gasteiger charge is 2.36. The van der Waals surface area contributed by atoms with E-state index in [2.05, 4.69) is 194 Å². The number of pyridine rings is 2. The summed E-state index contributed by atoms with van der Waals surface area (Å²) in [5.74, 6) is 0. The van der Waals surface area contributed by atoms with E-state index in [9.17, 15) is 0 Å². The molecule has 0 radical (unpaired) electrons. The molecule has 9 rings (SSSR count). The lowest BCUT2D eigenvalue weighted by atomic mass is 9.71. The molecule has 0 spiro atoms. The Morgan fingerprint density at radius 2 is 0.780 bits per heavy atom. The molecule has 0 amide bonds. The Balaban J connectivity index is 1.42. The molecule has 2 atom stereocenters. The van der Waals surface area contributed by atoms with E-state index < -0.39 is 10.8 Å². The lowest BCUT2D eigenvalue weighted by Crippen LogP contribution is -2.28. The zero-order chi connectivity index (χ0) is 33.4. The molecule has 7 aromatic rings. The van der Waals surface area contributed by atoms with E-state index in [4.69, 9.17) is 9.97 Å². The highest BCUT2D eigenvalue weighted by Crippen LogP contribution is 2.45. The average molecular weight is 641 g/mol. The Morgan fingerprint density at radius 3 is 1.14 bits per heavy atom. The molecule has 2 heterocycles. The molecule has 2 nitrogen and oxygen atoms in total. The van der Waals surface area contributed by atoms with Crippen LogP contribution in [0.3, 0.4) is 0 Å². The van der Waals surface area contributed by atoms with Crippen LogP contribution in [-0.4, -0.2) is 9.97 Å². The molecular weight excluding hydrogens is 605 g/mol. The van der Waals surface area contributed by atoms with Gasteiger partial charge in [0.2, 0.25) is 0 Å². The molecule has 2 aliphatic carbocycles. The molecule has 0 aliphatic heterocycles. The van der Waals surface area contributed by atoms with E-state index in [1.807, 2.05) is 0 Å². The molecule has 0 saturated heterocycles. The van der Waals surface area contributed by atoms with E-state index in [0.717, 1.165) is 57.2 Å². The Kier molecular flexibility index (Phi) is 7.43. The fourth-order valence-corrected chi connectivity index (χ4v) is 7.96. The van der Waals surface area contributed by atoms with Gasteiger partial charge in [0.1, 0.15) is 0 Å². The van der Waals surface area contributed by atoms with Crippen molar-refractivity contribution >= 4 is 21.8 Å². The first-order valence-electron chi connectivity index (χ1n) is 17.5. The van der Waals surface area contributed by atoms with Gasteiger partial charge in [-0.05, 0) is 58.4 Å². The molecule has 2 heteroatoms. The maximum absolute atomic E-state index is 5.70.